The van der Waals surface area contributed by atoms with Crippen LogP contribution in [0.3, 0.4) is 0 Å². The van der Waals surface area contributed by atoms with E-state index in [4.69, 9.17) is 11.6 Å². The number of nitrogens with zero attached hydrogens (tertiary/aromatic N) is 1. The highest BCUT2D eigenvalue weighted by Gasteiger charge is 2.41. The number of benzene rings is 1. The van der Waals surface area contributed by atoms with Gasteiger partial charge in [0.15, 0.2) is 0 Å². The van der Waals surface area contributed by atoms with Gasteiger partial charge in [-0.15, -0.1) is 0 Å². The van der Waals surface area contributed by atoms with Gasteiger partial charge in [-0.3, -0.25) is 9.59 Å². The minimum Gasteiger partial charge on any atom is -0.478 e. The van der Waals surface area contributed by atoms with Crippen molar-refractivity contribution in [3.8, 4) is 0 Å². The van der Waals surface area contributed by atoms with E-state index in [9.17, 15) is 19.5 Å². The Hall–Kier alpha value is -2.38. The molecule has 2 amide bonds. The second-order valence-corrected chi connectivity index (χ2v) is 11.5. The van der Waals surface area contributed by atoms with Crippen LogP contribution in [-0.4, -0.2) is 60.0 Å². The van der Waals surface area contributed by atoms with Crippen LogP contribution in [0.4, 0.5) is 0 Å². The number of carbonyl (C=O) groups excluding carboxylic acids is 2. The van der Waals surface area contributed by atoms with Crippen molar-refractivity contribution in [2.45, 2.75) is 78.9 Å². The first-order chi connectivity index (χ1) is 15.9. The molecule has 0 fully saturated rings. The van der Waals surface area contributed by atoms with E-state index in [0.29, 0.717) is 5.02 Å². The number of halogens is 1. The highest BCUT2D eigenvalue weighted by atomic mass is 35.5. The minimum atomic E-state index is -1.03. The molecule has 8 heteroatoms. The van der Waals surface area contributed by atoms with Crippen molar-refractivity contribution in [1.82, 2.24) is 15.5 Å². The summed E-state index contributed by atoms with van der Waals surface area (Å²) in [6.45, 7) is 14.9. The third-order valence-electron chi connectivity index (χ3n) is 6.48. The minimum absolute atomic E-state index is 0.0265. The van der Waals surface area contributed by atoms with Gasteiger partial charge >= 0.3 is 5.97 Å². The van der Waals surface area contributed by atoms with Crippen molar-refractivity contribution in [1.29, 1.82) is 0 Å². The predicted molar refractivity (Wildman–Crippen MR) is 142 cm³/mol. The third kappa shape index (κ3) is 7.80. The molecule has 1 aromatic carbocycles. The van der Waals surface area contributed by atoms with Crippen LogP contribution in [0.25, 0.3) is 0 Å². The van der Waals surface area contributed by atoms with Gasteiger partial charge < -0.3 is 20.6 Å². The summed E-state index contributed by atoms with van der Waals surface area (Å²) in [6, 6.07) is 5.48. The van der Waals surface area contributed by atoms with Crippen LogP contribution in [0.2, 0.25) is 5.02 Å². The van der Waals surface area contributed by atoms with Crippen molar-refractivity contribution in [3.05, 3.63) is 46.5 Å². The molecule has 0 aliphatic carbocycles. The molecule has 0 heterocycles. The van der Waals surface area contributed by atoms with Gasteiger partial charge in [0, 0.05) is 23.1 Å². The van der Waals surface area contributed by atoms with Gasteiger partial charge in [0.05, 0.1) is 12.1 Å². The van der Waals surface area contributed by atoms with Gasteiger partial charge in [-0.05, 0) is 43.0 Å². The lowest BCUT2D eigenvalue weighted by Crippen LogP contribution is -2.61. The first kappa shape index (κ1) is 30.7. The molecule has 0 bridgehead atoms. The van der Waals surface area contributed by atoms with Crippen molar-refractivity contribution in [2.24, 2.45) is 11.3 Å². The number of rotatable bonds is 10. The molecule has 1 rings (SSSR count). The van der Waals surface area contributed by atoms with Gasteiger partial charge in [0.2, 0.25) is 11.8 Å². The molecule has 0 aromatic heterocycles. The zero-order chi connectivity index (χ0) is 27.3. The molecule has 1 aromatic rings. The lowest BCUT2D eigenvalue weighted by molar-refractivity contribution is -0.141. The third-order valence-corrected chi connectivity index (χ3v) is 6.71. The van der Waals surface area contributed by atoms with Crippen molar-refractivity contribution in [2.75, 3.05) is 14.1 Å². The summed E-state index contributed by atoms with van der Waals surface area (Å²) in [4.78, 5) is 40.2. The molecule has 196 valence electrons. The first-order valence-electron chi connectivity index (χ1n) is 11.9. The van der Waals surface area contributed by atoms with Crippen LogP contribution in [0.5, 0.6) is 0 Å². The van der Waals surface area contributed by atoms with Crippen LogP contribution in [0, 0.1) is 11.3 Å². The molecular weight excluding hydrogens is 466 g/mol. The Morgan fingerprint density at radius 3 is 2.09 bits per heavy atom. The molecular formula is C27H42ClN3O4. The Kier molecular flexibility index (Phi) is 10.5. The fourth-order valence-corrected chi connectivity index (χ4v) is 4.37. The first-order valence-corrected chi connectivity index (χ1v) is 12.2. The number of carboxylic acids is 1. The number of hydrogen-bond acceptors (Lipinski definition) is 4. The normalized spacial score (nSPS) is 15.4. The highest BCUT2D eigenvalue weighted by molar-refractivity contribution is 6.30. The molecule has 7 nitrogen and oxygen atoms in total. The van der Waals surface area contributed by atoms with E-state index in [2.05, 4.69) is 10.6 Å². The van der Waals surface area contributed by atoms with E-state index in [1.807, 2.05) is 66.7 Å². The Morgan fingerprint density at radius 1 is 1.09 bits per heavy atom. The van der Waals surface area contributed by atoms with Crippen LogP contribution in [-0.2, 0) is 19.8 Å². The van der Waals surface area contributed by atoms with Crippen LogP contribution < -0.4 is 10.6 Å². The monoisotopic (exact) mass is 507 g/mol. The van der Waals surface area contributed by atoms with E-state index in [-0.39, 0.29) is 23.3 Å². The second-order valence-electron chi connectivity index (χ2n) is 11.1. The molecule has 0 spiro atoms. The molecule has 35 heavy (non-hydrogen) atoms. The molecule has 0 saturated carbocycles. The SMILES string of the molecule is CN[C@@H](C(=O)NC(C(=O)N(C)[C@H](/C=C(\C)C(=O)O)C(C)C)C(C)(C)C)C(C)(C)c1cccc(Cl)c1. The number of likely N-dealkylation sites (N-methyl/N-ethyl adjacent to an activating group) is 2. The van der Waals surface area contributed by atoms with Crippen molar-refractivity contribution >= 4 is 29.4 Å². The molecule has 0 aliphatic heterocycles. The summed E-state index contributed by atoms with van der Waals surface area (Å²) < 4.78 is 0. The van der Waals surface area contributed by atoms with E-state index >= 15 is 0 Å². The standard InChI is InChI=1S/C27H42ClN3O4/c1-16(2)20(14-17(3)25(34)35)31(10)24(33)22(26(4,5)6)30-23(32)21(29-9)27(7,8)18-12-11-13-19(28)15-18/h11-16,20-22,29H,1-10H3,(H,30,32)(H,34,35)/b17-14+/t20-,21+,22?/m1/s1. The van der Waals surface area contributed by atoms with Gasteiger partial charge in [-0.25, -0.2) is 4.79 Å². The van der Waals surface area contributed by atoms with Crippen molar-refractivity contribution in [3.63, 3.8) is 0 Å². The Morgan fingerprint density at radius 2 is 1.66 bits per heavy atom. The van der Waals surface area contributed by atoms with Gasteiger partial charge in [0.25, 0.3) is 0 Å². The average Bonchev–Trinajstić information content (AvgIpc) is 2.73. The maximum atomic E-state index is 13.7. The summed E-state index contributed by atoms with van der Waals surface area (Å²) in [6.07, 6.45) is 1.59. The number of amides is 2. The summed E-state index contributed by atoms with van der Waals surface area (Å²) in [5.41, 5.74) is -0.155. The zero-order valence-electron chi connectivity index (χ0n) is 22.7. The summed E-state index contributed by atoms with van der Waals surface area (Å²) >= 11 is 6.20. The fraction of sp³-hybridized carbons (Fsp3) is 0.593. The summed E-state index contributed by atoms with van der Waals surface area (Å²) in [5, 5.41) is 16.0. The van der Waals surface area contributed by atoms with Crippen LogP contribution in [0.15, 0.2) is 35.9 Å². The highest BCUT2D eigenvalue weighted by Crippen LogP contribution is 2.30. The molecule has 0 saturated heterocycles. The van der Waals surface area contributed by atoms with E-state index in [1.54, 1.807) is 26.2 Å². The number of carbonyl (C=O) groups is 3. The molecule has 0 aliphatic rings. The van der Waals surface area contributed by atoms with Gasteiger partial charge in [-0.2, -0.15) is 0 Å². The fourth-order valence-electron chi connectivity index (χ4n) is 4.18. The Balaban J connectivity index is 3.32. The molecule has 3 atom stereocenters. The summed E-state index contributed by atoms with van der Waals surface area (Å²) in [7, 11) is 3.36. The lowest BCUT2D eigenvalue weighted by Gasteiger charge is -2.40. The lowest BCUT2D eigenvalue weighted by atomic mass is 9.76. The van der Waals surface area contributed by atoms with E-state index < -0.39 is 34.9 Å². The van der Waals surface area contributed by atoms with Crippen LogP contribution in [0.1, 0.15) is 61.0 Å². The molecule has 0 radical (unpaired) electrons. The van der Waals surface area contributed by atoms with E-state index in [1.165, 1.54) is 11.8 Å². The Labute approximate surface area is 215 Å². The second kappa shape index (κ2) is 12.0. The maximum absolute atomic E-state index is 13.7. The number of nitrogens with one attached hydrogen (secondary N) is 2. The van der Waals surface area contributed by atoms with Crippen LogP contribution >= 0.6 is 11.6 Å². The maximum Gasteiger partial charge on any atom is 0.331 e. The predicted octanol–water partition coefficient (Wildman–Crippen LogP) is 4.25. The largest absolute Gasteiger partial charge is 0.478 e. The van der Waals surface area contributed by atoms with E-state index in [0.717, 1.165) is 5.56 Å². The number of hydrogen-bond donors (Lipinski definition) is 3. The smallest absolute Gasteiger partial charge is 0.331 e. The Bertz CT molecular complexity index is 950. The number of aliphatic carboxylic acids is 1. The van der Waals surface area contributed by atoms with Crippen molar-refractivity contribution < 1.29 is 19.5 Å². The summed E-state index contributed by atoms with van der Waals surface area (Å²) in [5.74, 6) is -1.65. The topological polar surface area (TPSA) is 98.7 Å². The number of carboxylic acid groups (broad SMARTS) is 1. The zero-order valence-corrected chi connectivity index (χ0v) is 23.4. The molecule has 1 unspecified atom stereocenters. The van der Waals surface area contributed by atoms with Gasteiger partial charge in [-0.1, -0.05) is 78.3 Å². The quantitative estimate of drug-likeness (QED) is 0.411. The van der Waals surface area contributed by atoms with Gasteiger partial charge in [0.1, 0.15) is 6.04 Å². The average molecular weight is 508 g/mol. The molecule has 3 N–H and O–H groups in total.